The van der Waals surface area contributed by atoms with Gasteiger partial charge in [0, 0.05) is 12.4 Å². The van der Waals surface area contributed by atoms with E-state index in [0.717, 1.165) is 11.4 Å². The van der Waals surface area contributed by atoms with Crippen molar-refractivity contribution in [2.24, 2.45) is 20.4 Å². The van der Waals surface area contributed by atoms with Gasteiger partial charge < -0.3 is 25.3 Å². The minimum atomic E-state index is 0. The predicted molar refractivity (Wildman–Crippen MR) is 120 cm³/mol. The minimum Gasteiger partial charge on any atom is -0.752 e. The van der Waals surface area contributed by atoms with Gasteiger partial charge in [0.25, 0.3) is 0 Å². The van der Waals surface area contributed by atoms with Crippen molar-refractivity contribution in [3.05, 3.63) is 60.2 Å². The second-order valence-corrected chi connectivity index (χ2v) is 7.02. The molecule has 0 N–H and O–H groups in total. The third-order valence-corrected chi connectivity index (χ3v) is 4.41. The number of nitrogens with zero attached hydrogens (tertiary/aromatic N) is 6. The normalized spacial score (nSPS) is 11.8. The molecule has 0 atom stereocenters. The number of thioether (sulfide) groups is 2. The Labute approximate surface area is 189 Å². The van der Waals surface area contributed by atoms with Gasteiger partial charge in [0.15, 0.2) is 0 Å². The molecule has 0 aliphatic carbocycles. The van der Waals surface area contributed by atoms with E-state index in [4.69, 9.17) is 25.3 Å². The SMILES string of the molecule is CSC([S-])=NN=Cc1ccccn1.CSC([S-])=NN=Cc1ccccn1.[Fe+2]. The van der Waals surface area contributed by atoms with Crippen molar-refractivity contribution in [2.75, 3.05) is 12.5 Å². The summed E-state index contributed by atoms with van der Waals surface area (Å²) >= 11 is 12.4. The van der Waals surface area contributed by atoms with Gasteiger partial charge in [0.05, 0.1) is 23.8 Å². The third-order valence-electron chi connectivity index (χ3n) is 2.38. The molecule has 6 nitrogen and oxygen atoms in total. The summed E-state index contributed by atoms with van der Waals surface area (Å²) in [5.74, 6) is 0. The van der Waals surface area contributed by atoms with Gasteiger partial charge >= 0.3 is 17.1 Å². The molecule has 2 rings (SSSR count). The first-order valence-electron chi connectivity index (χ1n) is 7.11. The first-order valence-corrected chi connectivity index (χ1v) is 10.4. The molecule has 0 fully saturated rings. The Hall–Kier alpha value is -1.36. The monoisotopic (exact) mass is 476 g/mol. The molecule has 2 heterocycles. The van der Waals surface area contributed by atoms with Crippen LogP contribution in [0.3, 0.4) is 0 Å². The van der Waals surface area contributed by atoms with Crippen molar-refractivity contribution in [2.45, 2.75) is 0 Å². The van der Waals surface area contributed by atoms with E-state index in [1.54, 1.807) is 24.8 Å². The first kappa shape index (κ1) is 25.6. The summed E-state index contributed by atoms with van der Waals surface area (Å²) in [6.45, 7) is 0. The van der Waals surface area contributed by atoms with Crippen LogP contribution in [0.2, 0.25) is 0 Å². The average molecular weight is 476 g/mol. The summed E-state index contributed by atoms with van der Waals surface area (Å²) in [4.78, 5) is 8.08. The minimum absolute atomic E-state index is 0. The van der Waals surface area contributed by atoms with Crippen LogP contribution >= 0.6 is 23.5 Å². The summed E-state index contributed by atoms with van der Waals surface area (Å²) in [5, 5.41) is 15.1. The fourth-order valence-electron chi connectivity index (χ4n) is 1.26. The second kappa shape index (κ2) is 16.8. The fourth-order valence-corrected chi connectivity index (χ4v) is 1.61. The zero-order valence-electron chi connectivity index (χ0n) is 14.4. The zero-order valence-corrected chi connectivity index (χ0v) is 18.8. The number of hydrogen-bond acceptors (Lipinski definition) is 10. The van der Waals surface area contributed by atoms with Crippen molar-refractivity contribution in [1.29, 1.82) is 0 Å². The van der Waals surface area contributed by atoms with E-state index in [1.807, 2.05) is 48.9 Å². The third kappa shape index (κ3) is 13.5. The van der Waals surface area contributed by atoms with E-state index in [9.17, 15) is 0 Å². The number of aromatic nitrogens is 2. The summed E-state index contributed by atoms with van der Waals surface area (Å²) in [6.07, 6.45) is 10.3. The van der Waals surface area contributed by atoms with Crippen LogP contribution in [0.25, 0.3) is 0 Å². The molecule has 0 unspecified atom stereocenters. The van der Waals surface area contributed by atoms with E-state index < -0.39 is 0 Å². The maximum Gasteiger partial charge on any atom is 2.00 e. The Bertz CT molecular complexity index is 689. The van der Waals surface area contributed by atoms with E-state index in [1.165, 1.54) is 23.5 Å². The van der Waals surface area contributed by atoms with Crippen LogP contribution in [-0.4, -0.2) is 43.7 Å². The predicted octanol–water partition coefficient (Wildman–Crippen LogP) is 3.36. The van der Waals surface area contributed by atoms with Gasteiger partial charge in [-0.2, -0.15) is 20.4 Å². The Kier molecular flexibility index (Phi) is 15.9. The van der Waals surface area contributed by atoms with Crippen molar-refractivity contribution in [3.63, 3.8) is 0 Å². The van der Waals surface area contributed by atoms with E-state index in [0.29, 0.717) is 8.75 Å². The van der Waals surface area contributed by atoms with Crippen molar-refractivity contribution < 1.29 is 17.1 Å². The molecule has 0 aliphatic heterocycles. The molecule has 2 aromatic rings. The summed E-state index contributed by atoms with van der Waals surface area (Å²) < 4.78 is 1.04. The van der Waals surface area contributed by atoms with Gasteiger partial charge in [-0.05, 0) is 45.5 Å². The van der Waals surface area contributed by atoms with Crippen LogP contribution in [0, 0.1) is 0 Å². The van der Waals surface area contributed by atoms with E-state index >= 15 is 0 Å². The van der Waals surface area contributed by atoms with E-state index in [2.05, 4.69) is 30.4 Å². The molecule has 0 saturated heterocycles. The molecule has 0 aliphatic rings. The van der Waals surface area contributed by atoms with Crippen molar-refractivity contribution in [3.8, 4) is 0 Å². The molecular weight excluding hydrogens is 460 g/mol. The molecule has 0 spiro atoms. The second-order valence-electron chi connectivity index (χ2n) is 4.14. The molecule has 11 heteroatoms. The summed E-state index contributed by atoms with van der Waals surface area (Å²) in [6, 6.07) is 11.2. The number of hydrogen-bond donors (Lipinski definition) is 0. The topological polar surface area (TPSA) is 75.2 Å². The first-order chi connectivity index (χ1) is 12.7. The van der Waals surface area contributed by atoms with Crippen molar-refractivity contribution in [1.82, 2.24) is 9.97 Å². The zero-order chi connectivity index (χ0) is 19.0. The molecule has 0 radical (unpaired) electrons. The summed E-state index contributed by atoms with van der Waals surface area (Å²) in [5.41, 5.74) is 1.55. The van der Waals surface area contributed by atoms with E-state index in [-0.39, 0.29) is 17.1 Å². The van der Waals surface area contributed by atoms with Crippen LogP contribution in [0.5, 0.6) is 0 Å². The molecule has 0 amide bonds. The maximum atomic E-state index is 4.83. The standard InChI is InChI=1S/2C8H9N3S2.Fe/c2*1-13-8(12)11-10-6-7-4-2-3-5-9-7;/h2*2-6H,1H3,(H,11,12);/q;;+2/p-2. The Morgan fingerprint density at radius 1 is 0.815 bits per heavy atom. The van der Waals surface area contributed by atoms with Gasteiger partial charge in [-0.15, -0.1) is 23.5 Å². The molecule has 27 heavy (non-hydrogen) atoms. The Balaban J connectivity index is 0.000000483. The average Bonchev–Trinajstić information content (AvgIpc) is 2.70. The van der Waals surface area contributed by atoms with Gasteiger partial charge in [0.2, 0.25) is 0 Å². The maximum absolute atomic E-state index is 4.83. The Morgan fingerprint density at radius 3 is 1.52 bits per heavy atom. The van der Waals surface area contributed by atoms with Crippen LogP contribution in [0.15, 0.2) is 69.2 Å². The largest absolute Gasteiger partial charge is 2.00 e. The summed E-state index contributed by atoms with van der Waals surface area (Å²) in [7, 11) is 0. The smallest absolute Gasteiger partial charge is 0.752 e. The van der Waals surface area contributed by atoms with Crippen LogP contribution in [0.4, 0.5) is 0 Å². The number of pyridine rings is 2. The quantitative estimate of drug-likeness (QED) is 0.222. The fraction of sp³-hybridized carbons (Fsp3) is 0.125. The number of rotatable bonds is 4. The molecule has 0 aromatic carbocycles. The van der Waals surface area contributed by atoms with Gasteiger partial charge in [-0.1, -0.05) is 12.1 Å². The van der Waals surface area contributed by atoms with Gasteiger partial charge in [-0.3, -0.25) is 9.97 Å². The Morgan fingerprint density at radius 2 is 1.22 bits per heavy atom. The molecule has 0 bridgehead atoms. The van der Waals surface area contributed by atoms with Crippen LogP contribution in [-0.2, 0) is 42.3 Å². The molecule has 0 saturated carbocycles. The van der Waals surface area contributed by atoms with Gasteiger partial charge in [0.1, 0.15) is 0 Å². The molecule has 2 aromatic heterocycles. The van der Waals surface area contributed by atoms with Crippen LogP contribution < -0.4 is 0 Å². The van der Waals surface area contributed by atoms with Gasteiger partial charge in [-0.25, -0.2) is 0 Å². The van der Waals surface area contributed by atoms with Crippen LogP contribution in [0.1, 0.15) is 11.4 Å². The molecule has 142 valence electrons. The van der Waals surface area contributed by atoms with Crippen molar-refractivity contribution >= 4 is 70.0 Å². The molecular formula is C16H16FeN6S4.